The summed E-state index contributed by atoms with van der Waals surface area (Å²) in [4.78, 5) is 52.1. The number of rotatable bonds is 7. The second kappa shape index (κ2) is 11.8. The van der Waals surface area contributed by atoms with E-state index in [2.05, 4.69) is 10.6 Å². The van der Waals surface area contributed by atoms with Crippen LogP contribution in [0.1, 0.15) is 28.8 Å². The van der Waals surface area contributed by atoms with E-state index in [0.717, 1.165) is 0 Å². The van der Waals surface area contributed by atoms with Gasteiger partial charge in [-0.25, -0.2) is 4.79 Å². The Bertz CT molecular complexity index is 1230. The highest BCUT2D eigenvalue weighted by molar-refractivity contribution is 6.13. The van der Waals surface area contributed by atoms with Crippen molar-refractivity contribution in [3.8, 4) is 0 Å². The minimum absolute atomic E-state index is 0.216. The Labute approximate surface area is 209 Å². The normalized spacial score (nSPS) is 15.0. The van der Waals surface area contributed by atoms with E-state index >= 15 is 0 Å². The van der Waals surface area contributed by atoms with Crippen LogP contribution in [0.4, 0.5) is 16.2 Å². The minimum atomic E-state index is -0.550. The highest BCUT2D eigenvalue weighted by Gasteiger charge is 2.30. The standard InChI is InChI=1S/C28H27N3O5/c32-25(30-24-16-8-7-15-23(24)26(33)20-10-3-1-4-11-20)19-36-27(34)21-12-9-17-31(18-21)28(35)29-22-13-5-2-6-14-22/h1-8,10-11,13-16,21H,9,12,17-19H2,(H,29,35)(H,30,32). The smallest absolute Gasteiger partial charge is 0.321 e. The Kier molecular flexibility index (Phi) is 8.08. The fourth-order valence-corrected chi connectivity index (χ4v) is 4.05. The number of ketones is 1. The lowest BCUT2D eigenvalue weighted by atomic mass is 9.98. The van der Waals surface area contributed by atoms with Crippen LogP contribution in [-0.4, -0.2) is 48.3 Å². The summed E-state index contributed by atoms with van der Waals surface area (Å²) < 4.78 is 5.25. The number of ether oxygens (including phenoxy) is 1. The predicted octanol–water partition coefficient (Wildman–Crippen LogP) is 4.34. The molecule has 0 aromatic heterocycles. The number of hydrogen-bond donors (Lipinski definition) is 2. The second-order valence-electron chi connectivity index (χ2n) is 8.48. The van der Waals surface area contributed by atoms with Gasteiger partial charge < -0.3 is 20.3 Å². The zero-order chi connectivity index (χ0) is 25.3. The number of nitrogens with one attached hydrogen (secondary N) is 2. The van der Waals surface area contributed by atoms with Gasteiger partial charge >= 0.3 is 12.0 Å². The molecule has 1 atom stereocenters. The zero-order valence-corrected chi connectivity index (χ0v) is 19.7. The van der Waals surface area contributed by atoms with Crippen molar-refractivity contribution in [3.05, 3.63) is 96.1 Å². The molecule has 0 saturated carbocycles. The molecule has 2 N–H and O–H groups in total. The van der Waals surface area contributed by atoms with Crippen molar-refractivity contribution in [2.24, 2.45) is 5.92 Å². The highest BCUT2D eigenvalue weighted by Crippen LogP contribution is 2.21. The molecule has 1 fully saturated rings. The first kappa shape index (κ1) is 24.7. The average molecular weight is 486 g/mol. The van der Waals surface area contributed by atoms with Gasteiger partial charge in [0.15, 0.2) is 12.4 Å². The summed E-state index contributed by atoms with van der Waals surface area (Å²) in [6, 6.07) is 24.3. The van der Waals surface area contributed by atoms with Gasteiger partial charge in [0, 0.05) is 29.9 Å². The summed E-state index contributed by atoms with van der Waals surface area (Å²) >= 11 is 0. The lowest BCUT2D eigenvalue weighted by Crippen LogP contribution is -2.45. The summed E-state index contributed by atoms with van der Waals surface area (Å²) in [5.74, 6) is -1.82. The second-order valence-corrected chi connectivity index (χ2v) is 8.48. The molecular formula is C28H27N3O5. The molecule has 8 heteroatoms. The molecule has 184 valence electrons. The summed E-state index contributed by atoms with van der Waals surface area (Å²) in [5, 5.41) is 5.48. The molecule has 0 aliphatic carbocycles. The largest absolute Gasteiger partial charge is 0.455 e. The number of anilines is 2. The van der Waals surface area contributed by atoms with Crippen LogP contribution in [0, 0.1) is 5.92 Å². The molecule has 1 heterocycles. The van der Waals surface area contributed by atoms with Crippen LogP contribution >= 0.6 is 0 Å². The van der Waals surface area contributed by atoms with Crippen molar-refractivity contribution < 1.29 is 23.9 Å². The predicted molar refractivity (Wildman–Crippen MR) is 136 cm³/mol. The topological polar surface area (TPSA) is 105 Å². The number of para-hydroxylation sites is 2. The quantitative estimate of drug-likeness (QED) is 0.383. The zero-order valence-electron chi connectivity index (χ0n) is 19.7. The molecular weight excluding hydrogens is 458 g/mol. The number of benzene rings is 3. The first-order chi connectivity index (χ1) is 17.5. The van der Waals surface area contributed by atoms with Crippen LogP contribution in [0.25, 0.3) is 0 Å². The maximum Gasteiger partial charge on any atom is 0.321 e. The highest BCUT2D eigenvalue weighted by atomic mass is 16.5. The number of hydrogen-bond acceptors (Lipinski definition) is 5. The number of piperidine rings is 1. The van der Waals surface area contributed by atoms with Gasteiger partial charge in [-0.2, -0.15) is 0 Å². The van der Waals surface area contributed by atoms with Crippen molar-refractivity contribution in [2.75, 3.05) is 30.3 Å². The van der Waals surface area contributed by atoms with Gasteiger partial charge in [-0.1, -0.05) is 60.7 Å². The van der Waals surface area contributed by atoms with E-state index in [-0.39, 0.29) is 18.4 Å². The lowest BCUT2D eigenvalue weighted by molar-refractivity contribution is -0.152. The van der Waals surface area contributed by atoms with E-state index in [9.17, 15) is 19.2 Å². The Balaban J connectivity index is 1.30. The van der Waals surface area contributed by atoms with Gasteiger partial charge in [0.25, 0.3) is 5.91 Å². The maximum atomic E-state index is 12.8. The van der Waals surface area contributed by atoms with Crippen LogP contribution in [0.3, 0.4) is 0 Å². The summed E-state index contributed by atoms with van der Waals surface area (Å²) in [6.07, 6.45) is 1.23. The monoisotopic (exact) mass is 485 g/mol. The molecule has 0 spiro atoms. The third-order valence-electron chi connectivity index (χ3n) is 5.89. The average Bonchev–Trinajstić information content (AvgIpc) is 2.92. The van der Waals surface area contributed by atoms with Gasteiger partial charge in [0.05, 0.1) is 11.6 Å². The first-order valence-corrected chi connectivity index (χ1v) is 11.8. The molecule has 0 bridgehead atoms. The number of amides is 3. The molecule has 1 unspecified atom stereocenters. The molecule has 36 heavy (non-hydrogen) atoms. The molecule has 4 rings (SSSR count). The van der Waals surface area contributed by atoms with E-state index in [4.69, 9.17) is 4.74 Å². The van der Waals surface area contributed by atoms with Crippen LogP contribution < -0.4 is 10.6 Å². The van der Waals surface area contributed by atoms with Gasteiger partial charge in [0.1, 0.15) is 0 Å². The molecule has 1 aliphatic rings. The van der Waals surface area contributed by atoms with Crippen LogP contribution in [0.2, 0.25) is 0 Å². The van der Waals surface area contributed by atoms with Gasteiger partial charge in [-0.15, -0.1) is 0 Å². The van der Waals surface area contributed by atoms with E-state index in [1.165, 1.54) is 0 Å². The summed E-state index contributed by atoms with van der Waals surface area (Å²) in [6.45, 7) is 0.266. The van der Waals surface area contributed by atoms with E-state index in [1.54, 1.807) is 65.6 Å². The van der Waals surface area contributed by atoms with E-state index in [1.807, 2.05) is 24.3 Å². The Morgan fingerprint density at radius 2 is 1.50 bits per heavy atom. The number of likely N-dealkylation sites (tertiary alicyclic amines) is 1. The minimum Gasteiger partial charge on any atom is -0.455 e. The number of carbonyl (C=O) groups excluding carboxylic acids is 4. The molecule has 8 nitrogen and oxygen atoms in total. The third kappa shape index (κ3) is 6.35. The molecule has 1 saturated heterocycles. The number of esters is 1. The van der Waals surface area contributed by atoms with Crippen LogP contribution in [0.15, 0.2) is 84.9 Å². The number of nitrogens with zero attached hydrogens (tertiary/aromatic N) is 1. The maximum absolute atomic E-state index is 12.8. The van der Waals surface area contributed by atoms with Crippen molar-refractivity contribution >= 4 is 35.1 Å². The molecule has 3 aromatic rings. The molecule has 3 aromatic carbocycles. The summed E-state index contributed by atoms with van der Waals surface area (Å²) in [5.41, 5.74) is 1.86. The summed E-state index contributed by atoms with van der Waals surface area (Å²) in [7, 11) is 0. The van der Waals surface area contributed by atoms with Crippen molar-refractivity contribution in [3.63, 3.8) is 0 Å². The molecule has 3 amide bonds. The fraction of sp³-hybridized carbons (Fsp3) is 0.214. The van der Waals surface area contributed by atoms with Crippen molar-refractivity contribution in [2.45, 2.75) is 12.8 Å². The number of carbonyl (C=O) groups is 4. The Hall–Kier alpha value is -4.46. The van der Waals surface area contributed by atoms with E-state index < -0.39 is 24.4 Å². The van der Waals surface area contributed by atoms with Crippen LogP contribution in [0.5, 0.6) is 0 Å². The SMILES string of the molecule is O=C(COC(=O)C1CCCN(C(=O)Nc2ccccc2)C1)Nc1ccccc1C(=O)c1ccccc1. The van der Waals surface area contributed by atoms with Crippen LogP contribution in [-0.2, 0) is 14.3 Å². The molecule has 1 aliphatic heterocycles. The van der Waals surface area contributed by atoms with Gasteiger partial charge in [0.2, 0.25) is 0 Å². The van der Waals surface area contributed by atoms with E-state index in [0.29, 0.717) is 41.9 Å². The Morgan fingerprint density at radius 3 is 2.25 bits per heavy atom. The third-order valence-corrected chi connectivity index (χ3v) is 5.89. The van der Waals surface area contributed by atoms with Crippen molar-refractivity contribution in [1.29, 1.82) is 0 Å². The first-order valence-electron chi connectivity index (χ1n) is 11.8. The lowest BCUT2D eigenvalue weighted by Gasteiger charge is -2.31. The van der Waals surface area contributed by atoms with Gasteiger partial charge in [-0.05, 0) is 37.1 Å². The number of urea groups is 1. The van der Waals surface area contributed by atoms with Gasteiger partial charge in [-0.3, -0.25) is 14.4 Å². The molecule has 0 radical (unpaired) electrons. The van der Waals surface area contributed by atoms with Crippen molar-refractivity contribution in [1.82, 2.24) is 4.90 Å². The Morgan fingerprint density at radius 1 is 0.833 bits per heavy atom. The fourth-order valence-electron chi connectivity index (χ4n) is 4.05.